The summed E-state index contributed by atoms with van der Waals surface area (Å²) in [5.74, 6) is 0. The summed E-state index contributed by atoms with van der Waals surface area (Å²) < 4.78 is 57.5. The molecule has 1 saturated heterocycles. The standard InChI is InChI=1S/C32H34N2O4S2/c1-25-15-19-30(20-16-25)39(35,36)34(40(37,38)31-21-17-26(2)18-22-31)29-14-9-23-33(24-29)32(27-10-5-3-6-11-27)28-12-7-4-8-13-28/h3-8,10-13,15-22,29,32H,9,14,23-24H2,1-2H3/t29-/m1/s1. The fourth-order valence-electron chi connectivity index (χ4n) is 5.42. The Balaban J connectivity index is 1.60. The zero-order chi connectivity index (χ0) is 28.3. The molecule has 0 aromatic heterocycles. The van der Waals surface area contributed by atoms with E-state index in [4.69, 9.17) is 0 Å². The van der Waals surface area contributed by atoms with Crippen LogP contribution in [0.2, 0.25) is 0 Å². The van der Waals surface area contributed by atoms with Crippen molar-refractivity contribution in [1.29, 1.82) is 0 Å². The van der Waals surface area contributed by atoms with Crippen molar-refractivity contribution in [2.24, 2.45) is 0 Å². The van der Waals surface area contributed by atoms with Crippen molar-refractivity contribution in [2.75, 3.05) is 13.1 Å². The first-order valence-electron chi connectivity index (χ1n) is 13.4. The van der Waals surface area contributed by atoms with E-state index >= 15 is 0 Å². The minimum absolute atomic E-state index is 0.0337. The molecule has 8 heteroatoms. The lowest BCUT2D eigenvalue weighted by molar-refractivity contribution is 0.145. The van der Waals surface area contributed by atoms with Gasteiger partial charge in [-0.05, 0) is 68.6 Å². The van der Waals surface area contributed by atoms with Gasteiger partial charge in [-0.3, -0.25) is 4.90 Å². The summed E-state index contributed by atoms with van der Waals surface area (Å²) >= 11 is 0. The van der Waals surface area contributed by atoms with Crippen LogP contribution >= 0.6 is 0 Å². The van der Waals surface area contributed by atoms with E-state index in [0.717, 1.165) is 26.0 Å². The highest BCUT2D eigenvalue weighted by Crippen LogP contribution is 2.35. The van der Waals surface area contributed by atoms with Crippen LogP contribution < -0.4 is 0 Å². The predicted molar refractivity (Wildman–Crippen MR) is 158 cm³/mol. The summed E-state index contributed by atoms with van der Waals surface area (Å²) in [6.07, 6.45) is 1.09. The Morgan fingerprint density at radius 2 is 1.07 bits per heavy atom. The number of likely N-dealkylation sites (tertiary alicyclic amines) is 1. The van der Waals surface area contributed by atoms with Crippen molar-refractivity contribution in [3.63, 3.8) is 0 Å². The van der Waals surface area contributed by atoms with E-state index in [-0.39, 0.29) is 22.4 Å². The van der Waals surface area contributed by atoms with E-state index in [2.05, 4.69) is 29.2 Å². The van der Waals surface area contributed by atoms with Gasteiger partial charge >= 0.3 is 0 Å². The smallest absolute Gasteiger partial charge is 0.256 e. The molecule has 1 heterocycles. The molecule has 0 saturated carbocycles. The quantitative estimate of drug-likeness (QED) is 0.261. The van der Waals surface area contributed by atoms with Crippen LogP contribution in [0, 0.1) is 13.8 Å². The maximum atomic E-state index is 14.2. The lowest BCUT2D eigenvalue weighted by Gasteiger charge is -2.41. The molecule has 208 valence electrons. The molecule has 1 fully saturated rings. The Bertz CT molecular complexity index is 1530. The second kappa shape index (κ2) is 11.7. The summed E-state index contributed by atoms with van der Waals surface area (Å²) in [4.78, 5) is 2.14. The van der Waals surface area contributed by atoms with Gasteiger partial charge in [0.25, 0.3) is 20.0 Å². The van der Waals surface area contributed by atoms with E-state index in [0.29, 0.717) is 19.4 Å². The number of nitrogens with zero attached hydrogens (tertiary/aromatic N) is 2. The normalized spacial score (nSPS) is 16.9. The molecule has 40 heavy (non-hydrogen) atoms. The number of sulfonamides is 2. The Kier molecular flexibility index (Phi) is 8.24. The van der Waals surface area contributed by atoms with Gasteiger partial charge in [0.1, 0.15) is 0 Å². The van der Waals surface area contributed by atoms with Crippen molar-refractivity contribution in [3.05, 3.63) is 131 Å². The third kappa shape index (κ3) is 5.76. The molecule has 0 aliphatic carbocycles. The fourth-order valence-corrected chi connectivity index (χ4v) is 9.48. The average Bonchev–Trinajstić information content (AvgIpc) is 2.95. The lowest BCUT2D eigenvalue weighted by atomic mass is 9.94. The molecule has 0 unspecified atom stereocenters. The zero-order valence-electron chi connectivity index (χ0n) is 22.7. The SMILES string of the molecule is Cc1ccc(S(=O)(=O)N([C@@H]2CCCN(C(c3ccccc3)c3ccccc3)C2)S(=O)(=O)c2ccc(C)cc2)cc1. The molecule has 5 rings (SSSR count). The topological polar surface area (TPSA) is 74.8 Å². The van der Waals surface area contributed by atoms with E-state index in [9.17, 15) is 16.8 Å². The van der Waals surface area contributed by atoms with Gasteiger partial charge in [0.15, 0.2) is 0 Å². The molecule has 0 bridgehead atoms. The van der Waals surface area contributed by atoms with E-state index in [1.165, 1.54) is 24.3 Å². The van der Waals surface area contributed by atoms with Gasteiger partial charge in [-0.15, -0.1) is 0 Å². The van der Waals surface area contributed by atoms with Crippen molar-refractivity contribution in [3.8, 4) is 0 Å². The third-order valence-corrected chi connectivity index (χ3v) is 11.9. The molecular formula is C32H34N2O4S2. The van der Waals surface area contributed by atoms with Gasteiger partial charge in [-0.2, -0.15) is 0 Å². The van der Waals surface area contributed by atoms with Crippen molar-refractivity contribution < 1.29 is 16.8 Å². The molecule has 6 nitrogen and oxygen atoms in total. The number of hydrogen-bond acceptors (Lipinski definition) is 5. The summed E-state index contributed by atoms with van der Waals surface area (Å²) in [6.45, 7) is 4.71. The van der Waals surface area contributed by atoms with Gasteiger partial charge in [-0.25, -0.2) is 16.8 Å². The summed E-state index contributed by atoms with van der Waals surface area (Å²) in [7, 11) is -8.79. The highest BCUT2D eigenvalue weighted by Gasteiger charge is 2.44. The number of rotatable bonds is 8. The zero-order valence-corrected chi connectivity index (χ0v) is 24.4. The van der Waals surface area contributed by atoms with E-state index < -0.39 is 26.1 Å². The first-order valence-corrected chi connectivity index (χ1v) is 16.3. The van der Waals surface area contributed by atoms with Crippen molar-refractivity contribution >= 4 is 20.0 Å². The number of hydrogen-bond donors (Lipinski definition) is 0. The van der Waals surface area contributed by atoms with E-state index in [1.54, 1.807) is 24.3 Å². The number of aryl methyl sites for hydroxylation is 2. The van der Waals surface area contributed by atoms with Gasteiger partial charge in [-0.1, -0.05) is 99.8 Å². The van der Waals surface area contributed by atoms with Crippen LogP contribution in [0.1, 0.15) is 41.1 Å². The first-order chi connectivity index (χ1) is 19.2. The van der Waals surface area contributed by atoms with Gasteiger partial charge in [0.05, 0.1) is 21.9 Å². The van der Waals surface area contributed by atoms with Crippen LogP contribution in [-0.4, -0.2) is 44.6 Å². The Morgan fingerprint density at radius 3 is 1.50 bits per heavy atom. The average molecular weight is 575 g/mol. The molecular weight excluding hydrogens is 540 g/mol. The maximum absolute atomic E-state index is 14.2. The third-order valence-electron chi connectivity index (χ3n) is 7.43. The molecule has 0 spiro atoms. The minimum atomic E-state index is -4.39. The first kappa shape index (κ1) is 28.2. The Labute approximate surface area is 238 Å². The molecule has 1 aliphatic rings. The summed E-state index contributed by atoms with van der Waals surface area (Å²) in [5, 5.41) is 0. The van der Waals surface area contributed by atoms with Crippen LogP contribution in [-0.2, 0) is 20.0 Å². The molecule has 4 aromatic rings. The molecule has 1 aliphatic heterocycles. The second-order valence-corrected chi connectivity index (χ2v) is 14.2. The molecule has 0 amide bonds. The van der Waals surface area contributed by atoms with E-state index in [1.807, 2.05) is 50.2 Å². The lowest BCUT2D eigenvalue weighted by Crippen LogP contribution is -2.53. The van der Waals surface area contributed by atoms with Gasteiger partial charge in [0, 0.05) is 6.54 Å². The maximum Gasteiger partial charge on any atom is 0.256 e. The monoisotopic (exact) mass is 574 g/mol. The van der Waals surface area contributed by atoms with Crippen LogP contribution in [0.25, 0.3) is 0 Å². The summed E-state index contributed by atoms with van der Waals surface area (Å²) in [6, 6.07) is 31.9. The highest BCUT2D eigenvalue weighted by molar-refractivity contribution is 8.04. The van der Waals surface area contributed by atoms with Crippen molar-refractivity contribution in [2.45, 2.75) is 48.6 Å². The van der Waals surface area contributed by atoms with Crippen molar-refractivity contribution in [1.82, 2.24) is 8.61 Å². The molecule has 1 atom stereocenters. The van der Waals surface area contributed by atoms with Crippen LogP contribution in [0.3, 0.4) is 0 Å². The van der Waals surface area contributed by atoms with Crippen LogP contribution in [0.15, 0.2) is 119 Å². The molecule has 4 aromatic carbocycles. The minimum Gasteiger partial charge on any atom is -0.291 e. The Morgan fingerprint density at radius 1 is 0.650 bits per heavy atom. The highest BCUT2D eigenvalue weighted by atomic mass is 32.3. The largest absolute Gasteiger partial charge is 0.291 e. The van der Waals surface area contributed by atoms with Crippen LogP contribution in [0.4, 0.5) is 0 Å². The second-order valence-electron chi connectivity index (χ2n) is 10.4. The number of benzene rings is 4. The predicted octanol–water partition coefficient (Wildman–Crippen LogP) is 5.94. The number of piperidine rings is 1. The molecule has 0 radical (unpaired) electrons. The van der Waals surface area contributed by atoms with Gasteiger partial charge < -0.3 is 0 Å². The Hall–Kier alpha value is -3.30. The summed E-state index contributed by atoms with van der Waals surface area (Å²) in [5.41, 5.74) is 3.93. The van der Waals surface area contributed by atoms with Gasteiger partial charge in [0.2, 0.25) is 0 Å². The molecule has 0 N–H and O–H groups in total. The fraction of sp³-hybridized carbons (Fsp3) is 0.250. The van der Waals surface area contributed by atoms with Crippen LogP contribution in [0.5, 0.6) is 0 Å².